The highest BCUT2D eigenvalue weighted by atomic mass is 16.5. The summed E-state index contributed by atoms with van der Waals surface area (Å²) in [7, 11) is 0. The summed E-state index contributed by atoms with van der Waals surface area (Å²) in [6.07, 6.45) is 13.4. The van der Waals surface area contributed by atoms with E-state index in [2.05, 4.69) is 27.7 Å². The van der Waals surface area contributed by atoms with Crippen LogP contribution in [0.1, 0.15) is 91.9 Å². The molecule has 0 saturated heterocycles. The van der Waals surface area contributed by atoms with Crippen molar-refractivity contribution in [2.24, 2.45) is 0 Å². The third kappa shape index (κ3) is 9.64. The second-order valence-electron chi connectivity index (χ2n) is 5.50. The first-order valence-electron chi connectivity index (χ1n) is 7.82. The van der Waals surface area contributed by atoms with Gasteiger partial charge in [0.1, 0.15) is 0 Å². The zero-order chi connectivity index (χ0) is 13.0. The predicted molar refractivity (Wildman–Crippen MR) is 77.5 cm³/mol. The van der Waals surface area contributed by atoms with Crippen LogP contribution in [0.4, 0.5) is 0 Å². The van der Waals surface area contributed by atoms with Crippen LogP contribution >= 0.6 is 0 Å². The van der Waals surface area contributed by atoms with E-state index in [9.17, 15) is 0 Å². The Morgan fingerprint density at radius 1 is 0.706 bits per heavy atom. The van der Waals surface area contributed by atoms with Crippen molar-refractivity contribution in [3.05, 3.63) is 0 Å². The minimum Gasteiger partial charge on any atom is -0.376 e. The second kappa shape index (κ2) is 11.1. The lowest BCUT2D eigenvalue weighted by atomic mass is 9.92. The Labute approximate surface area is 109 Å². The standard InChI is InChI=1S/C16H34O/c1-5-8-9-10-11-12-13-15-16(4,14-6-2)17-7-3/h5-15H2,1-4H3. The third-order valence-electron chi connectivity index (χ3n) is 3.58. The van der Waals surface area contributed by atoms with E-state index in [0.29, 0.717) is 0 Å². The van der Waals surface area contributed by atoms with Gasteiger partial charge < -0.3 is 4.74 Å². The molecule has 0 aliphatic heterocycles. The monoisotopic (exact) mass is 242 g/mol. The summed E-state index contributed by atoms with van der Waals surface area (Å²) in [4.78, 5) is 0. The van der Waals surface area contributed by atoms with E-state index in [4.69, 9.17) is 4.74 Å². The zero-order valence-corrected chi connectivity index (χ0v) is 12.7. The Hall–Kier alpha value is -0.0400. The zero-order valence-electron chi connectivity index (χ0n) is 12.7. The maximum Gasteiger partial charge on any atom is 0.0654 e. The molecular formula is C16H34O. The van der Waals surface area contributed by atoms with Gasteiger partial charge in [0.2, 0.25) is 0 Å². The van der Waals surface area contributed by atoms with Crippen molar-refractivity contribution in [3.63, 3.8) is 0 Å². The molecule has 0 aliphatic rings. The van der Waals surface area contributed by atoms with Crippen molar-refractivity contribution >= 4 is 0 Å². The van der Waals surface area contributed by atoms with Crippen LogP contribution in [0.25, 0.3) is 0 Å². The van der Waals surface area contributed by atoms with Gasteiger partial charge in [0.25, 0.3) is 0 Å². The van der Waals surface area contributed by atoms with Gasteiger partial charge in [-0.1, -0.05) is 65.2 Å². The summed E-state index contributed by atoms with van der Waals surface area (Å²) in [5.41, 5.74) is 0.146. The topological polar surface area (TPSA) is 9.23 Å². The maximum atomic E-state index is 5.91. The van der Waals surface area contributed by atoms with Gasteiger partial charge in [-0.05, 0) is 26.7 Å². The summed E-state index contributed by atoms with van der Waals surface area (Å²) in [6, 6.07) is 0. The average Bonchev–Trinajstić information content (AvgIpc) is 2.28. The van der Waals surface area contributed by atoms with Crippen LogP contribution in [0, 0.1) is 0 Å². The summed E-state index contributed by atoms with van der Waals surface area (Å²) in [5.74, 6) is 0. The highest BCUT2D eigenvalue weighted by Crippen LogP contribution is 2.25. The fourth-order valence-corrected chi connectivity index (χ4v) is 2.60. The molecule has 0 saturated carbocycles. The Morgan fingerprint density at radius 3 is 1.82 bits per heavy atom. The minimum atomic E-state index is 0.146. The molecule has 0 N–H and O–H groups in total. The number of ether oxygens (including phenoxy) is 1. The first-order valence-corrected chi connectivity index (χ1v) is 7.82. The van der Waals surface area contributed by atoms with Gasteiger partial charge in [-0.15, -0.1) is 0 Å². The number of hydrogen-bond donors (Lipinski definition) is 0. The maximum absolute atomic E-state index is 5.91. The molecule has 0 bridgehead atoms. The molecule has 0 heterocycles. The van der Waals surface area contributed by atoms with E-state index in [-0.39, 0.29) is 5.60 Å². The van der Waals surface area contributed by atoms with Crippen molar-refractivity contribution in [2.75, 3.05) is 6.61 Å². The smallest absolute Gasteiger partial charge is 0.0654 e. The SMILES string of the molecule is CCCCCCCCCC(C)(CCC)OCC. The molecule has 0 amide bonds. The molecule has 0 rings (SSSR count). The second-order valence-corrected chi connectivity index (χ2v) is 5.50. The third-order valence-corrected chi connectivity index (χ3v) is 3.58. The van der Waals surface area contributed by atoms with Crippen molar-refractivity contribution in [1.82, 2.24) is 0 Å². The highest BCUT2D eigenvalue weighted by molar-refractivity contribution is 4.74. The first kappa shape index (κ1) is 17.0. The Kier molecular flexibility index (Phi) is 11.0. The van der Waals surface area contributed by atoms with Gasteiger partial charge in [0, 0.05) is 6.61 Å². The lowest BCUT2D eigenvalue weighted by Crippen LogP contribution is -2.28. The Balaban J connectivity index is 3.54. The van der Waals surface area contributed by atoms with Crippen LogP contribution in [-0.2, 0) is 4.74 Å². The van der Waals surface area contributed by atoms with Gasteiger partial charge in [-0.25, -0.2) is 0 Å². The van der Waals surface area contributed by atoms with Crippen LogP contribution in [0.2, 0.25) is 0 Å². The fourth-order valence-electron chi connectivity index (χ4n) is 2.60. The summed E-state index contributed by atoms with van der Waals surface area (Å²) < 4.78 is 5.91. The normalized spacial score (nSPS) is 14.8. The van der Waals surface area contributed by atoms with Crippen LogP contribution in [0.15, 0.2) is 0 Å². The average molecular weight is 242 g/mol. The number of hydrogen-bond acceptors (Lipinski definition) is 1. The summed E-state index contributed by atoms with van der Waals surface area (Å²) >= 11 is 0. The van der Waals surface area contributed by atoms with Crippen molar-refractivity contribution in [2.45, 2.75) is 97.5 Å². The predicted octanol–water partition coefficient (Wildman–Crippen LogP) is 5.72. The molecule has 1 unspecified atom stereocenters. The van der Waals surface area contributed by atoms with Crippen LogP contribution in [0.5, 0.6) is 0 Å². The molecule has 0 fully saturated rings. The van der Waals surface area contributed by atoms with E-state index in [0.717, 1.165) is 6.61 Å². The molecule has 1 nitrogen and oxygen atoms in total. The molecule has 1 heteroatoms. The fraction of sp³-hybridized carbons (Fsp3) is 1.00. The first-order chi connectivity index (χ1) is 8.18. The van der Waals surface area contributed by atoms with Gasteiger partial charge in [0.05, 0.1) is 5.60 Å². The summed E-state index contributed by atoms with van der Waals surface area (Å²) in [6.45, 7) is 9.78. The van der Waals surface area contributed by atoms with Crippen molar-refractivity contribution in [1.29, 1.82) is 0 Å². The molecular weight excluding hydrogens is 208 g/mol. The highest BCUT2D eigenvalue weighted by Gasteiger charge is 2.22. The lowest BCUT2D eigenvalue weighted by Gasteiger charge is -2.29. The molecule has 0 aliphatic carbocycles. The minimum absolute atomic E-state index is 0.146. The van der Waals surface area contributed by atoms with E-state index in [1.54, 1.807) is 0 Å². The largest absolute Gasteiger partial charge is 0.376 e. The lowest BCUT2D eigenvalue weighted by molar-refractivity contribution is -0.0391. The van der Waals surface area contributed by atoms with Crippen LogP contribution in [0.3, 0.4) is 0 Å². The molecule has 17 heavy (non-hydrogen) atoms. The Bertz CT molecular complexity index is 148. The van der Waals surface area contributed by atoms with Crippen molar-refractivity contribution < 1.29 is 4.74 Å². The molecule has 0 aromatic heterocycles. The van der Waals surface area contributed by atoms with Crippen molar-refractivity contribution in [3.8, 4) is 0 Å². The van der Waals surface area contributed by atoms with Gasteiger partial charge >= 0.3 is 0 Å². The molecule has 0 aromatic rings. The van der Waals surface area contributed by atoms with Crippen LogP contribution < -0.4 is 0 Å². The molecule has 104 valence electrons. The van der Waals surface area contributed by atoms with Crippen LogP contribution in [-0.4, -0.2) is 12.2 Å². The number of unbranched alkanes of at least 4 members (excludes halogenated alkanes) is 6. The summed E-state index contributed by atoms with van der Waals surface area (Å²) in [5, 5.41) is 0. The van der Waals surface area contributed by atoms with E-state index in [1.807, 2.05) is 0 Å². The molecule has 0 aromatic carbocycles. The van der Waals surface area contributed by atoms with Gasteiger partial charge in [-0.3, -0.25) is 0 Å². The number of rotatable bonds is 12. The van der Waals surface area contributed by atoms with Gasteiger partial charge in [0.15, 0.2) is 0 Å². The molecule has 0 radical (unpaired) electrons. The quantitative estimate of drug-likeness (QED) is 0.397. The van der Waals surface area contributed by atoms with E-state index in [1.165, 1.54) is 64.2 Å². The van der Waals surface area contributed by atoms with E-state index >= 15 is 0 Å². The van der Waals surface area contributed by atoms with E-state index < -0.39 is 0 Å². The molecule has 1 atom stereocenters. The Morgan fingerprint density at radius 2 is 1.29 bits per heavy atom. The van der Waals surface area contributed by atoms with Gasteiger partial charge in [-0.2, -0.15) is 0 Å². The molecule has 0 spiro atoms.